The van der Waals surface area contributed by atoms with Gasteiger partial charge in [0.05, 0.1) is 5.69 Å². The monoisotopic (exact) mass is 271 g/mol. The molecule has 5 nitrogen and oxygen atoms in total. The van der Waals surface area contributed by atoms with E-state index in [1.165, 1.54) is 4.68 Å². The van der Waals surface area contributed by atoms with Crippen LogP contribution < -0.4 is 0 Å². The van der Waals surface area contributed by atoms with Gasteiger partial charge in [-0.25, -0.2) is 18.1 Å². The van der Waals surface area contributed by atoms with Crippen molar-refractivity contribution in [2.24, 2.45) is 0 Å². The van der Waals surface area contributed by atoms with E-state index in [1.54, 1.807) is 0 Å². The highest BCUT2D eigenvalue weighted by Gasteiger charge is 2.19. The van der Waals surface area contributed by atoms with Crippen molar-refractivity contribution in [2.75, 3.05) is 0 Å². The molecule has 0 unspecified atom stereocenters. The van der Waals surface area contributed by atoms with Gasteiger partial charge in [0.2, 0.25) is 0 Å². The first-order chi connectivity index (χ1) is 8.02. The zero-order valence-corrected chi connectivity index (χ0v) is 10.6. The average Bonchev–Trinajstić information content (AvgIpc) is 2.73. The second-order valence-electron chi connectivity index (χ2n) is 3.35. The van der Waals surface area contributed by atoms with E-state index in [-0.39, 0.29) is 5.16 Å². The van der Waals surface area contributed by atoms with Crippen LogP contribution in [0.4, 0.5) is 0 Å². The summed E-state index contributed by atoms with van der Waals surface area (Å²) in [6.07, 6.45) is 0.564. The molecule has 0 bridgehead atoms. The molecule has 1 aromatic carbocycles. The third kappa shape index (κ3) is 2.48. The van der Waals surface area contributed by atoms with Crippen molar-refractivity contribution >= 4 is 19.7 Å². The summed E-state index contributed by atoms with van der Waals surface area (Å²) in [5.74, 6) is 0.551. The topological polar surface area (TPSA) is 64.8 Å². The van der Waals surface area contributed by atoms with Crippen LogP contribution in [0.5, 0.6) is 0 Å². The molecule has 0 atom stereocenters. The molecule has 0 fully saturated rings. The number of hydrogen-bond acceptors (Lipinski definition) is 4. The highest BCUT2D eigenvalue weighted by atomic mass is 35.7. The fraction of sp³-hybridized carbons (Fsp3) is 0.200. The third-order valence-electron chi connectivity index (χ3n) is 2.19. The lowest BCUT2D eigenvalue weighted by molar-refractivity contribution is 0.600. The van der Waals surface area contributed by atoms with E-state index < -0.39 is 9.05 Å². The highest BCUT2D eigenvalue weighted by Crippen LogP contribution is 2.15. The summed E-state index contributed by atoms with van der Waals surface area (Å²) in [5.41, 5.74) is 0.753. The third-order valence-corrected chi connectivity index (χ3v) is 3.21. The Balaban J connectivity index is 2.59. The van der Waals surface area contributed by atoms with Crippen LogP contribution in [0.3, 0.4) is 0 Å². The largest absolute Gasteiger partial charge is 0.298 e. The summed E-state index contributed by atoms with van der Waals surface area (Å²) < 4.78 is 23.8. The lowest BCUT2D eigenvalue weighted by Gasteiger charge is -2.02. The van der Waals surface area contributed by atoms with Gasteiger partial charge in [-0.2, -0.15) is 0 Å². The first-order valence-corrected chi connectivity index (χ1v) is 7.29. The van der Waals surface area contributed by atoms with E-state index in [0.29, 0.717) is 12.2 Å². The van der Waals surface area contributed by atoms with Crippen LogP contribution in [-0.2, 0) is 15.5 Å². The fourth-order valence-corrected chi connectivity index (χ4v) is 2.02. The molecule has 0 N–H and O–H groups in total. The quantitative estimate of drug-likeness (QED) is 0.798. The second kappa shape index (κ2) is 4.46. The van der Waals surface area contributed by atoms with Gasteiger partial charge >= 0.3 is 0 Å². The van der Waals surface area contributed by atoms with Crippen molar-refractivity contribution in [2.45, 2.75) is 18.5 Å². The minimum Gasteiger partial charge on any atom is -0.216 e. The molecular formula is C10H10ClN3O2S. The first kappa shape index (κ1) is 12.1. The molecule has 0 aliphatic rings. The summed E-state index contributed by atoms with van der Waals surface area (Å²) in [6, 6.07) is 9.18. The molecule has 0 radical (unpaired) electrons. The minimum atomic E-state index is -3.89. The van der Waals surface area contributed by atoms with Gasteiger partial charge in [0.15, 0.2) is 0 Å². The van der Waals surface area contributed by atoms with E-state index >= 15 is 0 Å². The standard InChI is InChI=1S/C10H10ClN3O2S/c1-2-9-12-10(17(11,15)16)13-14(9)8-6-4-3-5-7-8/h3-7H,2H2,1H3. The number of aryl methyl sites for hydroxylation is 1. The Morgan fingerprint density at radius 2 is 1.94 bits per heavy atom. The molecule has 2 rings (SSSR count). The number of benzene rings is 1. The van der Waals surface area contributed by atoms with Gasteiger partial charge in [0.25, 0.3) is 14.2 Å². The number of halogens is 1. The Kier molecular flexibility index (Phi) is 3.17. The van der Waals surface area contributed by atoms with Crippen LogP contribution in [0.2, 0.25) is 0 Å². The minimum absolute atomic E-state index is 0.361. The van der Waals surface area contributed by atoms with Gasteiger partial charge < -0.3 is 0 Å². The van der Waals surface area contributed by atoms with Crippen LogP contribution in [0.1, 0.15) is 12.7 Å². The summed E-state index contributed by atoms with van der Waals surface area (Å²) in [7, 11) is 1.33. The number of para-hydroxylation sites is 1. The van der Waals surface area contributed by atoms with E-state index in [0.717, 1.165) is 5.69 Å². The number of nitrogens with zero attached hydrogens (tertiary/aromatic N) is 3. The van der Waals surface area contributed by atoms with Gasteiger partial charge in [0.1, 0.15) is 5.82 Å². The summed E-state index contributed by atoms with van der Waals surface area (Å²) >= 11 is 0. The molecule has 0 aliphatic carbocycles. The maximum Gasteiger partial charge on any atom is 0.298 e. The maximum absolute atomic E-state index is 11.2. The average molecular weight is 272 g/mol. The highest BCUT2D eigenvalue weighted by molar-refractivity contribution is 8.13. The SMILES string of the molecule is CCc1nc(S(=O)(=O)Cl)nn1-c1ccccc1. The van der Waals surface area contributed by atoms with Gasteiger partial charge in [-0.05, 0) is 12.1 Å². The first-order valence-electron chi connectivity index (χ1n) is 4.98. The van der Waals surface area contributed by atoms with Gasteiger partial charge in [-0.3, -0.25) is 0 Å². The van der Waals surface area contributed by atoms with Crippen LogP contribution in [-0.4, -0.2) is 23.2 Å². The predicted molar refractivity (Wildman–Crippen MR) is 63.8 cm³/mol. The van der Waals surface area contributed by atoms with E-state index in [1.807, 2.05) is 37.3 Å². The zero-order chi connectivity index (χ0) is 12.5. The number of aromatic nitrogens is 3. The predicted octanol–water partition coefficient (Wildman–Crippen LogP) is 1.76. The number of hydrogen-bond donors (Lipinski definition) is 0. The summed E-state index contributed by atoms with van der Waals surface area (Å²) in [5, 5.41) is 3.55. The Morgan fingerprint density at radius 1 is 1.29 bits per heavy atom. The lowest BCUT2D eigenvalue weighted by atomic mass is 10.3. The van der Waals surface area contributed by atoms with Crippen LogP contribution in [0.25, 0.3) is 5.69 Å². The molecule has 17 heavy (non-hydrogen) atoms. The van der Waals surface area contributed by atoms with E-state index in [2.05, 4.69) is 10.1 Å². The lowest BCUT2D eigenvalue weighted by Crippen LogP contribution is -2.01. The second-order valence-corrected chi connectivity index (χ2v) is 5.81. The molecule has 0 saturated carbocycles. The molecule has 0 saturated heterocycles. The Bertz CT molecular complexity index is 622. The Labute approximate surface area is 103 Å². The van der Waals surface area contributed by atoms with Crippen LogP contribution in [0.15, 0.2) is 35.5 Å². The molecular weight excluding hydrogens is 262 g/mol. The summed E-state index contributed by atoms with van der Waals surface area (Å²) in [6.45, 7) is 1.87. The van der Waals surface area contributed by atoms with Crippen molar-refractivity contribution in [1.82, 2.24) is 14.8 Å². The van der Waals surface area contributed by atoms with Crippen LogP contribution in [0, 0.1) is 0 Å². The van der Waals surface area contributed by atoms with Gasteiger partial charge in [-0.1, -0.05) is 25.1 Å². The van der Waals surface area contributed by atoms with Crippen molar-refractivity contribution in [3.8, 4) is 5.69 Å². The molecule has 1 aromatic heterocycles. The van der Waals surface area contributed by atoms with Crippen molar-refractivity contribution in [1.29, 1.82) is 0 Å². The molecule has 0 spiro atoms. The summed E-state index contributed by atoms with van der Waals surface area (Å²) in [4.78, 5) is 3.91. The van der Waals surface area contributed by atoms with Gasteiger partial charge in [-0.15, -0.1) is 5.10 Å². The van der Waals surface area contributed by atoms with Crippen molar-refractivity contribution in [3.63, 3.8) is 0 Å². The molecule has 2 aromatic rings. The molecule has 0 amide bonds. The molecule has 90 valence electrons. The molecule has 0 aliphatic heterocycles. The Hall–Kier alpha value is -1.40. The van der Waals surface area contributed by atoms with Crippen molar-refractivity contribution < 1.29 is 8.42 Å². The number of rotatable bonds is 3. The fourth-order valence-electron chi connectivity index (χ4n) is 1.43. The molecule has 1 heterocycles. The smallest absolute Gasteiger partial charge is 0.216 e. The van der Waals surface area contributed by atoms with Crippen molar-refractivity contribution in [3.05, 3.63) is 36.2 Å². The zero-order valence-electron chi connectivity index (χ0n) is 9.04. The maximum atomic E-state index is 11.2. The van der Waals surface area contributed by atoms with E-state index in [4.69, 9.17) is 10.7 Å². The molecule has 7 heteroatoms. The van der Waals surface area contributed by atoms with Gasteiger partial charge in [0, 0.05) is 17.1 Å². The van der Waals surface area contributed by atoms with Crippen LogP contribution >= 0.6 is 10.7 Å². The van der Waals surface area contributed by atoms with E-state index in [9.17, 15) is 8.42 Å². The Morgan fingerprint density at radius 3 is 2.47 bits per heavy atom. The normalized spacial score (nSPS) is 11.6.